The first kappa shape index (κ1) is 15.7. The molecule has 2 heterocycles. The summed E-state index contributed by atoms with van der Waals surface area (Å²) < 4.78 is 6.35. The van der Waals surface area contributed by atoms with Gasteiger partial charge in [-0.1, -0.05) is 15.9 Å². The molecule has 0 amide bonds. The molecule has 2 aromatic rings. The van der Waals surface area contributed by atoms with Crippen LogP contribution in [0.4, 0.5) is 5.82 Å². The van der Waals surface area contributed by atoms with Crippen molar-refractivity contribution < 1.29 is 9.84 Å². The van der Waals surface area contributed by atoms with Gasteiger partial charge >= 0.3 is 0 Å². The molecule has 0 bridgehead atoms. The van der Waals surface area contributed by atoms with Crippen LogP contribution in [0, 0.1) is 0 Å². The van der Waals surface area contributed by atoms with Gasteiger partial charge in [-0.2, -0.15) is 0 Å². The molecule has 1 aliphatic heterocycles. The minimum Gasteiger partial charge on any atom is -0.390 e. The van der Waals surface area contributed by atoms with Crippen LogP contribution in [0.3, 0.4) is 0 Å². The molecule has 1 fully saturated rings. The van der Waals surface area contributed by atoms with E-state index >= 15 is 0 Å². The lowest BCUT2D eigenvalue weighted by Gasteiger charge is -2.28. The van der Waals surface area contributed by atoms with Crippen LogP contribution in [0.2, 0.25) is 0 Å². The molecule has 1 atom stereocenters. The van der Waals surface area contributed by atoms with E-state index < -0.39 is 6.10 Å². The number of rotatable bonds is 5. The zero-order valence-electron chi connectivity index (χ0n) is 12.3. The summed E-state index contributed by atoms with van der Waals surface area (Å²) in [6, 6.07) is 9.97. The SMILES string of the molecule is OC(CNc1ccc2cc(Br)ccc2n1)CN1CCOCC1. The maximum atomic E-state index is 10.1. The predicted molar refractivity (Wildman–Crippen MR) is 91.2 cm³/mol. The predicted octanol–water partition coefficient (Wildman–Crippen LogP) is 2.10. The fourth-order valence-corrected chi connectivity index (χ4v) is 2.94. The van der Waals surface area contributed by atoms with Crippen LogP contribution in [0.1, 0.15) is 0 Å². The van der Waals surface area contributed by atoms with E-state index in [2.05, 4.69) is 31.1 Å². The highest BCUT2D eigenvalue weighted by atomic mass is 79.9. The van der Waals surface area contributed by atoms with Gasteiger partial charge in [0, 0.05) is 36.0 Å². The maximum Gasteiger partial charge on any atom is 0.126 e. The lowest BCUT2D eigenvalue weighted by atomic mass is 10.2. The van der Waals surface area contributed by atoms with Gasteiger partial charge in [0.2, 0.25) is 0 Å². The summed E-state index contributed by atoms with van der Waals surface area (Å²) in [5, 5.41) is 14.4. The lowest BCUT2D eigenvalue weighted by molar-refractivity contribution is 0.0171. The first-order valence-corrected chi connectivity index (χ1v) is 8.28. The highest BCUT2D eigenvalue weighted by Crippen LogP contribution is 2.20. The molecule has 22 heavy (non-hydrogen) atoms. The van der Waals surface area contributed by atoms with Crippen molar-refractivity contribution in [1.29, 1.82) is 0 Å². The number of ether oxygens (including phenoxy) is 1. The summed E-state index contributed by atoms with van der Waals surface area (Å²) in [5.41, 5.74) is 0.941. The van der Waals surface area contributed by atoms with E-state index in [1.807, 2.05) is 30.3 Å². The highest BCUT2D eigenvalue weighted by molar-refractivity contribution is 9.10. The molecular formula is C16H20BrN3O2. The molecule has 1 unspecified atom stereocenters. The van der Waals surface area contributed by atoms with Gasteiger partial charge in [0.1, 0.15) is 5.82 Å². The Hall–Kier alpha value is -1.21. The maximum absolute atomic E-state index is 10.1. The molecule has 1 aromatic carbocycles. The molecule has 118 valence electrons. The molecular weight excluding hydrogens is 346 g/mol. The third kappa shape index (κ3) is 4.16. The molecule has 0 radical (unpaired) electrons. The number of aliphatic hydroxyl groups is 1. The standard InChI is InChI=1S/C16H20BrN3O2/c17-13-2-3-15-12(9-13)1-4-16(19-15)18-10-14(21)11-20-5-7-22-8-6-20/h1-4,9,14,21H,5-8,10-11H2,(H,18,19). The van der Waals surface area contributed by atoms with Gasteiger partial charge in [-0.15, -0.1) is 0 Å². The molecule has 1 aliphatic rings. The Morgan fingerprint density at radius 3 is 2.91 bits per heavy atom. The largest absolute Gasteiger partial charge is 0.390 e. The summed E-state index contributed by atoms with van der Waals surface area (Å²) in [4.78, 5) is 6.78. The molecule has 3 rings (SSSR count). The summed E-state index contributed by atoms with van der Waals surface area (Å²) >= 11 is 3.46. The van der Waals surface area contributed by atoms with Crippen LogP contribution in [0.15, 0.2) is 34.8 Å². The second-order valence-corrected chi connectivity index (χ2v) is 6.40. The quantitative estimate of drug-likeness (QED) is 0.849. The zero-order valence-corrected chi connectivity index (χ0v) is 13.9. The van der Waals surface area contributed by atoms with Crippen LogP contribution in [-0.4, -0.2) is 60.5 Å². The minimum atomic E-state index is -0.416. The van der Waals surface area contributed by atoms with Crippen molar-refractivity contribution in [3.8, 4) is 0 Å². The van der Waals surface area contributed by atoms with Gasteiger partial charge in [0.25, 0.3) is 0 Å². The van der Waals surface area contributed by atoms with E-state index in [9.17, 15) is 5.11 Å². The number of nitrogens with one attached hydrogen (secondary N) is 1. The third-order valence-corrected chi connectivity index (χ3v) is 4.24. The van der Waals surface area contributed by atoms with Crippen molar-refractivity contribution in [2.45, 2.75) is 6.10 Å². The number of morpholine rings is 1. The van der Waals surface area contributed by atoms with Crippen molar-refractivity contribution in [2.75, 3.05) is 44.7 Å². The third-order valence-electron chi connectivity index (χ3n) is 3.74. The van der Waals surface area contributed by atoms with E-state index in [0.29, 0.717) is 13.1 Å². The average Bonchev–Trinajstić information content (AvgIpc) is 2.54. The number of hydrogen-bond acceptors (Lipinski definition) is 5. The number of hydrogen-bond donors (Lipinski definition) is 2. The van der Waals surface area contributed by atoms with Gasteiger partial charge in [-0.25, -0.2) is 4.98 Å². The summed E-state index contributed by atoms with van der Waals surface area (Å²) in [5.74, 6) is 0.788. The smallest absolute Gasteiger partial charge is 0.126 e. The number of pyridine rings is 1. The fourth-order valence-electron chi connectivity index (χ4n) is 2.56. The Labute approximate surface area is 138 Å². The van der Waals surface area contributed by atoms with Crippen LogP contribution in [0.25, 0.3) is 10.9 Å². The van der Waals surface area contributed by atoms with Gasteiger partial charge in [0.15, 0.2) is 0 Å². The number of anilines is 1. The Bertz CT molecular complexity index is 632. The van der Waals surface area contributed by atoms with Crippen LogP contribution in [0.5, 0.6) is 0 Å². The number of benzene rings is 1. The number of aromatic nitrogens is 1. The van der Waals surface area contributed by atoms with Crippen LogP contribution >= 0.6 is 15.9 Å². The lowest BCUT2D eigenvalue weighted by Crippen LogP contribution is -2.42. The zero-order chi connectivity index (χ0) is 15.4. The summed E-state index contributed by atoms with van der Waals surface area (Å²) in [7, 11) is 0. The van der Waals surface area contributed by atoms with E-state index in [-0.39, 0.29) is 0 Å². The molecule has 2 N–H and O–H groups in total. The second kappa shape index (κ2) is 7.37. The number of aliphatic hydroxyl groups excluding tert-OH is 1. The van der Waals surface area contributed by atoms with Gasteiger partial charge < -0.3 is 15.2 Å². The first-order valence-electron chi connectivity index (χ1n) is 7.49. The average molecular weight is 366 g/mol. The Morgan fingerprint density at radius 2 is 2.09 bits per heavy atom. The van der Waals surface area contributed by atoms with Crippen molar-refractivity contribution in [3.63, 3.8) is 0 Å². The number of halogens is 1. The number of fused-ring (bicyclic) bond motifs is 1. The van der Waals surface area contributed by atoms with Crippen molar-refractivity contribution in [1.82, 2.24) is 9.88 Å². The van der Waals surface area contributed by atoms with Crippen molar-refractivity contribution in [3.05, 3.63) is 34.8 Å². The highest BCUT2D eigenvalue weighted by Gasteiger charge is 2.14. The normalized spacial score (nSPS) is 17.5. The van der Waals surface area contributed by atoms with Gasteiger partial charge in [-0.3, -0.25) is 4.90 Å². The van der Waals surface area contributed by atoms with E-state index in [0.717, 1.165) is 47.5 Å². The fraction of sp³-hybridized carbons (Fsp3) is 0.438. The summed E-state index contributed by atoms with van der Waals surface area (Å²) in [6.45, 7) is 4.44. The second-order valence-electron chi connectivity index (χ2n) is 5.48. The topological polar surface area (TPSA) is 57.6 Å². The van der Waals surface area contributed by atoms with Crippen LogP contribution in [-0.2, 0) is 4.74 Å². The van der Waals surface area contributed by atoms with E-state index in [4.69, 9.17) is 4.74 Å². The molecule has 6 heteroatoms. The molecule has 1 saturated heterocycles. The van der Waals surface area contributed by atoms with Crippen LogP contribution < -0.4 is 5.32 Å². The van der Waals surface area contributed by atoms with E-state index in [1.54, 1.807) is 0 Å². The Morgan fingerprint density at radius 1 is 1.27 bits per heavy atom. The van der Waals surface area contributed by atoms with Gasteiger partial charge in [-0.05, 0) is 30.3 Å². The molecule has 0 saturated carbocycles. The molecule has 5 nitrogen and oxygen atoms in total. The van der Waals surface area contributed by atoms with E-state index in [1.165, 1.54) is 0 Å². The minimum absolute atomic E-state index is 0.416. The Balaban J connectivity index is 1.55. The molecule has 0 spiro atoms. The number of nitrogens with zero attached hydrogens (tertiary/aromatic N) is 2. The Kier molecular flexibility index (Phi) is 5.25. The van der Waals surface area contributed by atoms with Crippen molar-refractivity contribution in [2.24, 2.45) is 0 Å². The summed E-state index contributed by atoms with van der Waals surface area (Å²) in [6.07, 6.45) is -0.416. The number of β-amino-alcohol motifs (C(OH)–C–C–N with tert-alkyl or cyclic N) is 1. The first-order chi connectivity index (χ1) is 10.7. The molecule has 0 aliphatic carbocycles. The van der Waals surface area contributed by atoms with Crippen molar-refractivity contribution >= 4 is 32.7 Å². The molecule has 1 aromatic heterocycles. The monoisotopic (exact) mass is 365 g/mol. The van der Waals surface area contributed by atoms with Gasteiger partial charge in [0.05, 0.1) is 24.8 Å².